The Morgan fingerprint density at radius 2 is 2.11 bits per heavy atom. The maximum absolute atomic E-state index is 11.9. The largest absolute Gasteiger partial charge is 0.395 e. The number of amides is 1. The minimum atomic E-state index is -0.705. The number of nitrogens with one attached hydrogen (secondary N) is 1. The first-order valence-corrected chi connectivity index (χ1v) is 6.60. The lowest BCUT2D eigenvalue weighted by atomic mass is 9.86. The highest BCUT2D eigenvalue weighted by Gasteiger charge is 2.45. The van der Waals surface area contributed by atoms with Gasteiger partial charge in [0, 0.05) is 6.54 Å². The summed E-state index contributed by atoms with van der Waals surface area (Å²) in [6.45, 7) is 5.25. The van der Waals surface area contributed by atoms with E-state index < -0.39 is 5.41 Å². The van der Waals surface area contributed by atoms with E-state index in [-0.39, 0.29) is 12.5 Å². The molecule has 2 rings (SSSR count). The number of aryl methyl sites for hydroxylation is 2. The van der Waals surface area contributed by atoms with Gasteiger partial charge in [-0.05, 0) is 37.0 Å². The normalized spacial score (nSPS) is 16.8. The molecular formula is C15H21NO3. The van der Waals surface area contributed by atoms with Gasteiger partial charge >= 0.3 is 0 Å². The fourth-order valence-electron chi connectivity index (χ4n) is 2.11. The zero-order valence-corrected chi connectivity index (χ0v) is 11.5. The summed E-state index contributed by atoms with van der Waals surface area (Å²) in [6, 6.07) is 6.33. The van der Waals surface area contributed by atoms with Crippen molar-refractivity contribution in [3.8, 4) is 0 Å². The maximum Gasteiger partial charge on any atom is 0.233 e. The molecule has 2 N–H and O–H groups in total. The lowest BCUT2D eigenvalue weighted by Crippen LogP contribution is -2.56. The Hall–Kier alpha value is -1.39. The molecule has 0 unspecified atom stereocenters. The molecule has 1 aliphatic rings. The molecule has 4 heteroatoms. The van der Waals surface area contributed by atoms with Crippen molar-refractivity contribution < 1.29 is 14.6 Å². The zero-order valence-electron chi connectivity index (χ0n) is 11.5. The molecule has 1 saturated heterocycles. The van der Waals surface area contributed by atoms with Crippen molar-refractivity contribution in [2.24, 2.45) is 5.41 Å². The predicted molar refractivity (Wildman–Crippen MR) is 73.0 cm³/mol. The van der Waals surface area contributed by atoms with Gasteiger partial charge in [0.1, 0.15) is 5.41 Å². The third-order valence-electron chi connectivity index (χ3n) is 3.81. The molecule has 1 aromatic rings. The first-order valence-electron chi connectivity index (χ1n) is 6.60. The van der Waals surface area contributed by atoms with E-state index in [1.165, 1.54) is 16.7 Å². The Balaban J connectivity index is 1.83. The molecule has 0 bridgehead atoms. The highest BCUT2D eigenvalue weighted by atomic mass is 16.5. The number of carbonyl (C=O) groups excluding carboxylic acids is 1. The van der Waals surface area contributed by atoms with E-state index in [0.717, 1.165) is 6.42 Å². The van der Waals surface area contributed by atoms with Crippen LogP contribution in [0.3, 0.4) is 0 Å². The van der Waals surface area contributed by atoms with Crippen molar-refractivity contribution in [2.45, 2.75) is 20.3 Å². The van der Waals surface area contributed by atoms with Crippen LogP contribution in [0.5, 0.6) is 0 Å². The summed E-state index contributed by atoms with van der Waals surface area (Å²) in [4.78, 5) is 11.9. The number of hydrogen-bond donors (Lipinski definition) is 2. The predicted octanol–water partition coefficient (Wildman–Crippen LogP) is 0.971. The second-order valence-corrected chi connectivity index (χ2v) is 5.36. The molecule has 0 atom stereocenters. The highest BCUT2D eigenvalue weighted by molar-refractivity contribution is 5.83. The summed E-state index contributed by atoms with van der Waals surface area (Å²) in [5, 5.41) is 12.1. The summed E-state index contributed by atoms with van der Waals surface area (Å²) in [7, 11) is 0. The van der Waals surface area contributed by atoms with Crippen LogP contribution >= 0.6 is 0 Å². The number of carbonyl (C=O) groups is 1. The Morgan fingerprint density at radius 1 is 1.37 bits per heavy atom. The summed E-state index contributed by atoms with van der Waals surface area (Å²) in [5.41, 5.74) is 3.05. The highest BCUT2D eigenvalue weighted by Crippen LogP contribution is 2.26. The minimum Gasteiger partial charge on any atom is -0.395 e. The first-order chi connectivity index (χ1) is 9.07. The number of hydrogen-bond acceptors (Lipinski definition) is 3. The van der Waals surface area contributed by atoms with E-state index in [0.29, 0.717) is 19.8 Å². The molecule has 1 fully saturated rings. The Labute approximate surface area is 113 Å². The molecule has 4 nitrogen and oxygen atoms in total. The maximum atomic E-state index is 11.9. The van der Waals surface area contributed by atoms with Crippen LogP contribution in [-0.4, -0.2) is 37.4 Å². The number of benzene rings is 1. The summed E-state index contributed by atoms with van der Waals surface area (Å²) in [6.07, 6.45) is 0.801. The van der Waals surface area contributed by atoms with Gasteiger partial charge in [-0.2, -0.15) is 0 Å². The second kappa shape index (κ2) is 5.72. The monoisotopic (exact) mass is 263 g/mol. The summed E-state index contributed by atoms with van der Waals surface area (Å²) >= 11 is 0. The molecule has 1 aliphatic heterocycles. The van der Waals surface area contributed by atoms with Gasteiger partial charge in [-0.1, -0.05) is 18.2 Å². The quantitative estimate of drug-likeness (QED) is 0.832. The number of aliphatic hydroxyl groups is 1. The van der Waals surface area contributed by atoms with Gasteiger partial charge in [0.15, 0.2) is 0 Å². The van der Waals surface area contributed by atoms with Crippen molar-refractivity contribution in [3.63, 3.8) is 0 Å². The molecule has 1 amide bonds. The minimum absolute atomic E-state index is 0.106. The van der Waals surface area contributed by atoms with Crippen LogP contribution in [0.15, 0.2) is 18.2 Å². The van der Waals surface area contributed by atoms with E-state index >= 15 is 0 Å². The number of aliphatic hydroxyl groups excluding tert-OH is 1. The van der Waals surface area contributed by atoms with Crippen LogP contribution in [0, 0.1) is 19.3 Å². The summed E-state index contributed by atoms with van der Waals surface area (Å²) < 4.78 is 5.02. The third-order valence-corrected chi connectivity index (χ3v) is 3.81. The average Bonchev–Trinajstić information content (AvgIpc) is 2.33. The number of ether oxygens (including phenoxy) is 1. The Bertz CT molecular complexity index is 461. The zero-order chi connectivity index (χ0) is 13.9. The second-order valence-electron chi connectivity index (χ2n) is 5.36. The number of rotatable bonds is 5. The fraction of sp³-hybridized carbons (Fsp3) is 0.533. The van der Waals surface area contributed by atoms with Crippen molar-refractivity contribution in [2.75, 3.05) is 26.4 Å². The van der Waals surface area contributed by atoms with Gasteiger partial charge < -0.3 is 15.2 Å². The average molecular weight is 263 g/mol. The van der Waals surface area contributed by atoms with Gasteiger partial charge in [-0.3, -0.25) is 4.79 Å². The van der Waals surface area contributed by atoms with Crippen LogP contribution in [0.1, 0.15) is 16.7 Å². The Morgan fingerprint density at radius 3 is 2.63 bits per heavy atom. The van der Waals surface area contributed by atoms with Gasteiger partial charge in [0.05, 0.1) is 19.8 Å². The lowest BCUT2D eigenvalue weighted by molar-refractivity contribution is -0.169. The molecule has 1 heterocycles. The summed E-state index contributed by atoms with van der Waals surface area (Å²) in [5.74, 6) is -0.106. The molecule has 0 aromatic heterocycles. The van der Waals surface area contributed by atoms with E-state index in [1.54, 1.807) is 0 Å². The van der Waals surface area contributed by atoms with Crippen LogP contribution in [0.25, 0.3) is 0 Å². The van der Waals surface area contributed by atoms with Gasteiger partial charge in [-0.25, -0.2) is 0 Å². The first kappa shape index (κ1) is 14.0. The molecule has 0 radical (unpaired) electrons. The van der Waals surface area contributed by atoms with Gasteiger partial charge in [0.2, 0.25) is 5.91 Å². The lowest BCUT2D eigenvalue weighted by Gasteiger charge is -2.38. The van der Waals surface area contributed by atoms with Gasteiger partial charge in [-0.15, -0.1) is 0 Å². The van der Waals surface area contributed by atoms with Gasteiger partial charge in [0.25, 0.3) is 0 Å². The van der Waals surface area contributed by atoms with E-state index in [4.69, 9.17) is 4.74 Å². The van der Waals surface area contributed by atoms with E-state index in [2.05, 4.69) is 37.4 Å². The van der Waals surface area contributed by atoms with E-state index in [1.807, 2.05) is 0 Å². The molecule has 0 saturated carbocycles. The third kappa shape index (κ3) is 2.96. The topological polar surface area (TPSA) is 58.6 Å². The Kier molecular flexibility index (Phi) is 4.22. The fourth-order valence-corrected chi connectivity index (χ4v) is 2.11. The smallest absolute Gasteiger partial charge is 0.233 e. The molecular weight excluding hydrogens is 242 g/mol. The van der Waals surface area contributed by atoms with Crippen molar-refractivity contribution in [1.29, 1.82) is 0 Å². The van der Waals surface area contributed by atoms with Crippen molar-refractivity contribution >= 4 is 5.91 Å². The molecule has 1 aromatic carbocycles. The van der Waals surface area contributed by atoms with Crippen LogP contribution in [0.2, 0.25) is 0 Å². The van der Waals surface area contributed by atoms with E-state index in [9.17, 15) is 9.90 Å². The van der Waals surface area contributed by atoms with Crippen LogP contribution < -0.4 is 5.32 Å². The van der Waals surface area contributed by atoms with Crippen LogP contribution in [-0.2, 0) is 16.0 Å². The molecule has 104 valence electrons. The molecule has 0 spiro atoms. The standard InChI is InChI=1S/C15H21NO3/c1-11-3-4-13(7-12(11)2)5-6-16-14(18)15(8-17)9-19-10-15/h3-4,7,17H,5-6,8-10H2,1-2H3,(H,16,18). The molecule has 0 aliphatic carbocycles. The van der Waals surface area contributed by atoms with Crippen LogP contribution in [0.4, 0.5) is 0 Å². The van der Waals surface area contributed by atoms with Crippen molar-refractivity contribution in [1.82, 2.24) is 5.32 Å². The van der Waals surface area contributed by atoms with Crippen molar-refractivity contribution in [3.05, 3.63) is 34.9 Å². The molecule has 19 heavy (non-hydrogen) atoms. The SMILES string of the molecule is Cc1ccc(CCNC(=O)C2(CO)COC2)cc1C.